The van der Waals surface area contributed by atoms with Crippen LogP contribution in [0.1, 0.15) is 103 Å². The van der Waals surface area contributed by atoms with Crippen LogP contribution in [0.15, 0.2) is 18.2 Å². The Morgan fingerprint density at radius 1 is 1.03 bits per heavy atom. The fourth-order valence-corrected chi connectivity index (χ4v) is 5.19. The topological polar surface area (TPSA) is 133 Å². The number of urea groups is 1. The maximum absolute atomic E-state index is 13.5. The van der Waals surface area contributed by atoms with E-state index in [2.05, 4.69) is 38.7 Å². The Balaban J connectivity index is 0.00000112. The summed E-state index contributed by atoms with van der Waals surface area (Å²) in [5.74, 6) is -0.532. The standard InChI is InChI=1S/C26H39N3O4.C2H5NO/c1-17(2)20-10-9-11-21(18(3)4)23(20)27-22(31)16-28-24(32)26(13-7-6-8-14-26)29(25(28)33)15-12-19(5)30;1-2(3)4/h9-11,17-19,30H,6-8,12-16H2,1-5H3,(H,27,31);1H3,(H2,3,4). The van der Waals surface area contributed by atoms with E-state index in [1.54, 1.807) is 11.8 Å². The third kappa shape index (κ3) is 7.31. The maximum atomic E-state index is 13.5. The lowest BCUT2D eigenvalue weighted by Gasteiger charge is -2.38. The Labute approximate surface area is 220 Å². The highest BCUT2D eigenvalue weighted by molar-refractivity contribution is 6.10. The molecule has 4 N–H and O–H groups in total. The van der Waals surface area contributed by atoms with Gasteiger partial charge in [0.1, 0.15) is 12.1 Å². The van der Waals surface area contributed by atoms with Crippen molar-refractivity contribution < 1.29 is 24.3 Å². The van der Waals surface area contributed by atoms with Crippen LogP contribution in [0.3, 0.4) is 0 Å². The predicted octanol–water partition coefficient (Wildman–Crippen LogP) is 4.10. The van der Waals surface area contributed by atoms with Crippen molar-refractivity contribution in [3.05, 3.63) is 29.3 Å². The van der Waals surface area contributed by atoms with Gasteiger partial charge in [-0.3, -0.25) is 19.3 Å². The Bertz CT molecular complexity index is 953. The number of aliphatic hydroxyl groups excluding tert-OH is 1. The van der Waals surface area contributed by atoms with Gasteiger partial charge in [0.2, 0.25) is 11.8 Å². The molecule has 37 heavy (non-hydrogen) atoms. The van der Waals surface area contributed by atoms with Crippen LogP contribution in [-0.4, -0.2) is 63.4 Å². The smallest absolute Gasteiger partial charge is 0.328 e. The molecule has 1 unspecified atom stereocenters. The fraction of sp³-hybridized carbons (Fsp3) is 0.643. The van der Waals surface area contributed by atoms with Gasteiger partial charge in [-0.05, 0) is 49.1 Å². The zero-order valence-corrected chi connectivity index (χ0v) is 23.2. The molecular formula is C28H44N4O5. The summed E-state index contributed by atoms with van der Waals surface area (Å²) in [6.07, 6.45) is 3.87. The molecule has 1 atom stereocenters. The molecule has 1 heterocycles. The minimum absolute atomic E-state index is 0.218. The molecule has 0 radical (unpaired) electrons. The van der Waals surface area contributed by atoms with E-state index >= 15 is 0 Å². The first-order valence-corrected chi connectivity index (χ1v) is 13.3. The molecule has 0 aromatic heterocycles. The van der Waals surface area contributed by atoms with Crippen LogP contribution in [0.4, 0.5) is 10.5 Å². The fourth-order valence-electron chi connectivity index (χ4n) is 5.19. The summed E-state index contributed by atoms with van der Waals surface area (Å²) in [5, 5.41) is 12.8. The summed E-state index contributed by atoms with van der Waals surface area (Å²) in [7, 11) is 0. The van der Waals surface area contributed by atoms with Gasteiger partial charge < -0.3 is 21.1 Å². The number of primary amides is 1. The van der Waals surface area contributed by atoms with Gasteiger partial charge in [0, 0.05) is 19.2 Å². The summed E-state index contributed by atoms with van der Waals surface area (Å²) < 4.78 is 0. The molecule has 2 fully saturated rings. The second-order valence-corrected chi connectivity index (χ2v) is 10.8. The number of aliphatic hydroxyl groups is 1. The molecule has 1 saturated heterocycles. The van der Waals surface area contributed by atoms with Crippen molar-refractivity contribution in [2.75, 3.05) is 18.4 Å². The lowest BCUT2D eigenvalue weighted by molar-refractivity contribution is -0.136. The summed E-state index contributed by atoms with van der Waals surface area (Å²) in [5.41, 5.74) is 6.46. The molecule has 206 valence electrons. The van der Waals surface area contributed by atoms with Crippen molar-refractivity contribution in [3.63, 3.8) is 0 Å². The van der Waals surface area contributed by atoms with Gasteiger partial charge in [-0.1, -0.05) is 65.2 Å². The van der Waals surface area contributed by atoms with E-state index in [1.807, 2.05) is 18.2 Å². The molecule has 1 aliphatic carbocycles. The average molecular weight is 517 g/mol. The number of hydrogen-bond acceptors (Lipinski definition) is 5. The van der Waals surface area contributed by atoms with Crippen molar-refractivity contribution in [1.82, 2.24) is 9.80 Å². The zero-order valence-electron chi connectivity index (χ0n) is 23.2. The van der Waals surface area contributed by atoms with Crippen LogP contribution < -0.4 is 11.1 Å². The normalized spacial score (nSPS) is 17.8. The highest BCUT2D eigenvalue weighted by atomic mass is 16.3. The summed E-state index contributed by atoms with van der Waals surface area (Å²) >= 11 is 0. The molecule has 3 rings (SSSR count). The number of nitrogens with zero attached hydrogens (tertiary/aromatic N) is 2. The number of carbonyl (C=O) groups is 4. The van der Waals surface area contributed by atoms with Crippen LogP contribution in [-0.2, 0) is 14.4 Å². The molecular weight excluding hydrogens is 472 g/mol. The minimum Gasteiger partial charge on any atom is -0.393 e. The van der Waals surface area contributed by atoms with Crippen molar-refractivity contribution >= 4 is 29.4 Å². The van der Waals surface area contributed by atoms with E-state index in [0.29, 0.717) is 25.8 Å². The number of amides is 5. The molecule has 9 heteroatoms. The maximum Gasteiger partial charge on any atom is 0.328 e. The minimum atomic E-state index is -0.872. The molecule has 2 aliphatic rings. The van der Waals surface area contributed by atoms with Crippen molar-refractivity contribution in [2.45, 2.75) is 104 Å². The predicted molar refractivity (Wildman–Crippen MR) is 144 cm³/mol. The van der Waals surface area contributed by atoms with Gasteiger partial charge in [0.05, 0.1) is 6.10 Å². The number of benzene rings is 1. The first-order valence-electron chi connectivity index (χ1n) is 13.3. The zero-order chi connectivity index (χ0) is 27.9. The number of imide groups is 1. The quantitative estimate of drug-likeness (QED) is 0.447. The van der Waals surface area contributed by atoms with Crippen LogP contribution in [0.2, 0.25) is 0 Å². The number of para-hydroxylation sites is 1. The monoisotopic (exact) mass is 516 g/mol. The van der Waals surface area contributed by atoms with Gasteiger partial charge in [-0.2, -0.15) is 0 Å². The molecule has 1 aromatic rings. The van der Waals surface area contributed by atoms with Gasteiger partial charge in [-0.25, -0.2) is 4.79 Å². The third-order valence-electron chi connectivity index (χ3n) is 7.01. The molecule has 0 bridgehead atoms. The Morgan fingerprint density at radius 2 is 1.54 bits per heavy atom. The molecule has 1 spiro atoms. The first-order chi connectivity index (χ1) is 17.3. The Morgan fingerprint density at radius 3 is 2.00 bits per heavy atom. The second-order valence-electron chi connectivity index (χ2n) is 10.8. The van der Waals surface area contributed by atoms with Crippen LogP contribution >= 0.6 is 0 Å². The summed E-state index contributed by atoms with van der Waals surface area (Å²) in [4.78, 5) is 51.9. The van der Waals surface area contributed by atoms with E-state index < -0.39 is 17.7 Å². The SMILES string of the molecule is CC(N)=O.CC(O)CCN1C(=O)N(CC(=O)Nc2c(C(C)C)cccc2C(C)C)C(=O)C12CCCCC2. The van der Waals surface area contributed by atoms with E-state index in [4.69, 9.17) is 0 Å². The van der Waals surface area contributed by atoms with Crippen LogP contribution in [0.25, 0.3) is 0 Å². The molecule has 5 amide bonds. The highest BCUT2D eigenvalue weighted by Gasteiger charge is 2.57. The highest BCUT2D eigenvalue weighted by Crippen LogP contribution is 2.41. The summed E-state index contributed by atoms with van der Waals surface area (Å²) in [6, 6.07) is 5.60. The summed E-state index contributed by atoms with van der Waals surface area (Å²) in [6.45, 7) is 11.3. The largest absolute Gasteiger partial charge is 0.393 e. The van der Waals surface area contributed by atoms with Gasteiger partial charge in [-0.15, -0.1) is 0 Å². The van der Waals surface area contributed by atoms with E-state index in [1.165, 1.54) is 6.92 Å². The van der Waals surface area contributed by atoms with Crippen molar-refractivity contribution in [1.29, 1.82) is 0 Å². The molecule has 1 aromatic carbocycles. The number of anilines is 1. The Kier molecular flexibility index (Phi) is 10.7. The third-order valence-corrected chi connectivity index (χ3v) is 7.01. The van der Waals surface area contributed by atoms with E-state index in [9.17, 15) is 24.3 Å². The number of hydrogen-bond donors (Lipinski definition) is 3. The molecule has 9 nitrogen and oxygen atoms in total. The average Bonchev–Trinajstić information content (AvgIpc) is 2.98. The first kappa shape index (κ1) is 30.3. The van der Waals surface area contributed by atoms with Crippen LogP contribution in [0, 0.1) is 0 Å². The van der Waals surface area contributed by atoms with E-state index in [-0.39, 0.29) is 36.1 Å². The lowest BCUT2D eigenvalue weighted by Crippen LogP contribution is -2.51. The number of carbonyl (C=O) groups excluding carboxylic acids is 4. The van der Waals surface area contributed by atoms with Crippen LogP contribution in [0.5, 0.6) is 0 Å². The van der Waals surface area contributed by atoms with Crippen molar-refractivity contribution in [2.24, 2.45) is 5.73 Å². The Hall–Kier alpha value is -2.94. The number of nitrogens with two attached hydrogens (primary N) is 1. The van der Waals surface area contributed by atoms with Crippen molar-refractivity contribution in [3.8, 4) is 0 Å². The number of nitrogens with one attached hydrogen (secondary N) is 1. The van der Waals surface area contributed by atoms with Gasteiger partial charge >= 0.3 is 6.03 Å². The van der Waals surface area contributed by atoms with Gasteiger partial charge in [0.25, 0.3) is 5.91 Å². The molecule has 1 saturated carbocycles. The second kappa shape index (κ2) is 13.0. The lowest BCUT2D eigenvalue weighted by atomic mass is 9.80. The number of rotatable bonds is 8. The van der Waals surface area contributed by atoms with Gasteiger partial charge in [0.15, 0.2) is 0 Å². The molecule has 1 aliphatic heterocycles. The van der Waals surface area contributed by atoms with E-state index in [0.717, 1.165) is 41.0 Å².